The van der Waals surface area contributed by atoms with E-state index in [0.717, 1.165) is 31.2 Å². The van der Waals surface area contributed by atoms with Gasteiger partial charge in [-0.15, -0.1) is 0 Å². The van der Waals surface area contributed by atoms with Crippen LogP contribution in [-0.4, -0.2) is 0 Å². The van der Waals surface area contributed by atoms with Crippen molar-refractivity contribution in [2.75, 3.05) is 0 Å². The zero-order valence-electron chi connectivity index (χ0n) is 11.9. The molecular weight excluding hydrogens is 399 g/mol. The molecule has 0 aliphatic carbocycles. The van der Waals surface area contributed by atoms with Crippen LogP contribution in [0, 0.1) is 19.7 Å². The molecular formula is C16H17Br2FN2. The van der Waals surface area contributed by atoms with E-state index in [0.29, 0.717) is 6.42 Å². The second-order valence-corrected chi connectivity index (χ2v) is 6.78. The Morgan fingerprint density at radius 3 is 2.33 bits per heavy atom. The maximum Gasteiger partial charge on any atom is 0.123 e. The summed E-state index contributed by atoms with van der Waals surface area (Å²) in [4.78, 5) is 0. The number of hydrogen-bond donors (Lipinski definition) is 2. The predicted molar refractivity (Wildman–Crippen MR) is 91.5 cm³/mol. The predicted octanol–water partition coefficient (Wildman–Crippen LogP) is 4.71. The first-order valence-electron chi connectivity index (χ1n) is 6.59. The summed E-state index contributed by atoms with van der Waals surface area (Å²) in [5.41, 5.74) is 7.12. The fourth-order valence-corrected chi connectivity index (χ4v) is 3.01. The van der Waals surface area contributed by atoms with E-state index in [-0.39, 0.29) is 11.9 Å². The molecule has 21 heavy (non-hydrogen) atoms. The third kappa shape index (κ3) is 3.92. The number of nitrogens with one attached hydrogen (secondary N) is 1. The molecule has 0 aliphatic heterocycles. The van der Waals surface area contributed by atoms with Crippen molar-refractivity contribution < 1.29 is 4.39 Å². The summed E-state index contributed by atoms with van der Waals surface area (Å²) in [6, 6.07) is 8.80. The SMILES string of the molecule is Cc1cc(C(Cc2cc(F)ccc2Br)NN)cc(C)c1Br. The van der Waals surface area contributed by atoms with Crippen molar-refractivity contribution in [2.24, 2.45) is 5.84 Å². The minimum absolute atomic E-state index is 0.0754. The number of halogens is 3. The van der Waals surface area contributed by atoms with Crippen LogP contribution in [0.4, 0.5) is 4.39 Å². The van der Waals surface area contributed by atoms with Gasteiger partial charge >= 0.3 is 0 Å². The van der Waals surface area contributed by atoms with Gasteiger partial charge in [-0.3, -0.25) is 11.3 Å². The molecule has 1 unspecified atom stereocenters. The quantitative estimate of drug-likeness (QED) is 0.560. The van der Waals surface area contributed by atoms with Gasteiger partial charge in [0, 0.05) is 8.95 Å². The van der Waals surface area contributed by atoms with Crippen molar-refractivity contribution in [3.05, 3.63) is 67.3 Å². The van der Waals surface area contributed by atoms with Crippen molar-refractivity contribution in [1.29, 1.82) is 0 Å². The van der Waals surface area contributed by atoms with Crippen LogP contribution in [0.25, 0.3) is 0 Å². The van der Waals surface area contributed by atoms with E-state index in [9.17, 15) is 4.39 Å². The Morgan fingerprint density at radius 2 is 1.76 bits per heavy atom. The molecule has 1 atom stereocenters. The molecule has 5 heteroatoms. The van der Waals surface area contributed by atoms with Gasteiger partial charge in [0.05, 0.1) is 6.04 Å². The molecule has 0 bridgehead atoms. The third-order valence-electron chi connectivity index (χ3n) is 3.49. The highest BCUT2D eigenvalue weighted by molar-refractivity contribution is 9.10. The second-order valence-electron chi connectivity index (χ2n) is 5.13. The van der Waals surface area contributed by atoms with Gasteiger partial charge in [-0.1, -0.05) is 44.0 Å². The molecule has 0 amide bonds. The van der Waals surface area contributed by atoms with Gasteiger partial charge in [0.1, 0.15) is 5.82 Å². The zero-order chi connectivity index (χ0) is 15.6. The van der Waals surface area contributed by atoms with Crippen LogP contribution in [0.2, 0.25) is 0 Å². The summed E-state index contributed by atoms with van der Waals surface area (Å²) in [5.74, 6) is 5.46. The zero-order valence-corrected chi connectivity index (χ0v) is 15.1. The topological polar surface area (TPSA) is 38.0 Å². The summed E-state index contributed by atoms with van der Waals surface area (Å²) in [5, 5.41) is 0. The molecule has 0 radical (unpaired) electrons. The Labute approximate surface area is 141 Å². The first kappa shape index (κ1) is 16.6. The Morgan fingerprint density at radius 1 is 1.14 bits per heavy atom. The molecule has 0 fully saturated rings. The van der Waals surface area contributed by atoms with E-state index in [4.69, 9.17) is 5.84 Å². The Balaban J connectivity index is 2.34. The van der Waals surface area contributed by atoms with E-state index in [1.807, 2.05) is 13.8 Å². The molecule has 0 spiro atoms. The standard InChI is InChI=1S/C16H17Br2FN2/c1-9-5-12(6-10(2)16(9)18)15(21-20)8-11-7-13(19)3-4-14(11)17/h3-7,15,21H,8,20H2,1-2H3. The second kappa shape index (κ2) is 7.01. The number of rotatable bonds is 4. The maximum absolute atomic E-state index is 13.4. The Kier molecular flexibility index (Phi) is 5.54. The van der Waals surface area contributed by atoms with E-state index in [1.54, 1.807) is 6.07 Å². The van der Waals surface area contributed by atoms with Crippen LogP contribution in [0.15, 0.2) is 39.3 Å². The van der Waals surface area contributed by atoms with Crippen LogP contribution < -0.4 is 11.3 Å². The normalized spacial score (nSPS) is 12.5. The number of aryl methyl sites for hydroxylation is 2. The molecule has 2 rings (SSSR count). The smallest absolute Gasteiger partial charge is 0.123 e. The van der Waals surface area contributed by atoms with Crippen LogP contribution in [0.3, 0.4) is 0 Å². The lowest BCUT2D eigenvalue weighted by Crippen LogP contribution is -2.29. The van der Waals surface area contributed by atoms with Crippen LogP contribution in [0.5, 0.6) is 0 Å². The molecule has 3 N–H and O–H groups in total. The molecule has 0 aromatic heterocycles. The molecule has 0 saturated heterocycles. The number of benzene rings is 2. The van der Waals surface area contributed by atoms with Gasteiger partial charge in [-0.2, -0.15) is 0 Å². The molecule has 0 heterocycles. The van der Waals surface area contributed by atoms with Crippen molar-refractivity contribution >= 4 is 31.9 Å². The largest absolute Gasteiger partial charge is 0.271 e. The van der Waals surface area contributed by atoms with Gasteiger partial charge < -0.3 is 0 Å². The van der Waals surface area contributed by atoms with Crippen LogP contribution >= 0.6 is 31.9 Å². The summed E-state index contributed by atoms with van der Waals surface area (Å²) in [7, 11) is 0. The molecule has 2 nitrogen and oxygen atoms in total. The monoisotopic (exact) mass is 414 g/mol. The van der Waals surface area contributed by atoms with Crippen LogP contribution in [-0.2, 0) is 6.42 Å². The van der Waals surface area contributed by atoms with Crippen molar-refractivity contribution in [3.63, 3.8) is 0 Å². The summed E-state index contributed by atoms with van der Waals surface area (Å²) < 4.78 is 15.4. The minimum atomic E-state index is -0.243. The van der Waals surface area contributed by atoms with Gasteiger partial charge in [-0.05, 0) is 60.7 Å². The first-order valence-corrected chi connectivity index (χ1v) is 8.17. The third-order valence-corrected chi connectivity index (χ3v) is 5.52. The van der Waals surface area contributed by atoms with E-state index in [2.05, 4.69) is 49.4 Å². The number of hydrogen-bond acceptors (Lipinski definition) is 2. The van der Waals surface area contributed by atoms with Gasteiger partial charge in [-0.25, -0.2) is 4.39 Å². The number of hydrazine groups is 1. The maximum atomic E-state index is 13.4. The minimum Gasteiger partial charge on any atom is -0.271 e. The molecule has 0 saturated carbocycles. The number of nitrogens with two attached hydrogens (primary N) is 1. The highest BCUT2D eigenvalue weighted by Gasteiger charge is 2.15. The van der Waals surface area contributed by atoms with E-state index in [1.165, 1.54) is 12.1 Å². The first-order chi connectivity index (χ1) is 9.92. The lowest BCUT2D eigenvalue weighted by atomic mass is 9.96. The van der Waals surface area contributed by atoms with Gasteiger partial charge in [0.15, 0.2) is 0 Å². The molecule has 2 aromatic rings. The molecule has 112 valence electrons. The van der Waals surface area contributed by atoms with E-state index >= 15 is 0 Å². The molecule has 0 aliphatic rings. The highest BCUT2D eigenvalue weighted by atomic mass is 79.9. The fraction of sp³-hybridized carbons (Fsp3) is 0.250. The summed E-state index contributed by atoms with van der Waals surface area (Å²) in [6.45, 7) is 4.10. The van der Waals surface area contributed by atoms with E-state index < -0.39 is 0 Å². The van der Waals surface area contributed by atoms with Crippen molar-refractivity contribution in [1.82, 2.24) is 5.43 Å². The van der Waals surface area contributed by atoms with Crippen LogP contribution in [0.1, 0.15) is 28.3 Å². The van der Waals surface area contributed by atoms with Crippen molar-refractivity contribution in [2.45, 2.75) is 26.3 Å². The Hall–Kier alpha value is -0.750. The highest BCUT2D eigenvalue weighted by Crippen LogP contribution is 2.29. The van der Waals surface area contributed by atoms with Gasteiger partial charge in [0.25, 0.3) is 0 Å². The Bertz CT molecular complexity index is 636. The summed E-state index contributed by atoms with van der Waals surface area (Å²) in [6.07, 6.45) is 0.607. The van der Waals surface area contributed by atoms with Gasteiger partial charge in [0.2, 0.25) is 0 Å². The van der Waals surface area contributed by atoms with Crippen molar-refractivity contribution in [3.8, 4) is 0 Å². The average Bonchev–Trinajstić information content (AvgIpc) is 2.45. The fourth-order valence-electron chi connectivity index (χ4n) is 2.37. The lowest BCUT2D eigenvalue weighted by molar-refractivity contribution is 0.547. The molecule has 2 aromatic carbocycles. The average molecular weight is 416 g/mol. The summed E-state index contributed by atoms with van der Waals surface area (Å²) >= 11 is 7.02. The lowest BCUT2D eigenvalue weighted by Gasteiger charge is -2.19.